The Hall–Kier alpha value is -1.73. The second kappa shape index (κ2) is 4.33. The third-order valence-corrected chi connectivity index (χ3v) is 1.55. The predicted molar refractivity (Wildman–Crippen MR) is 47.9 cm³/mol. The van der Waals surface area contributed by atoms with Gasteiger partial charge in [0.15, 0.2) is 6.61 Å². The molecule has 0 unspecified atom stereocenters. The Morgan fingerprint density at radius 3 is 2.92 bits per heavy atom. The maximum absolute atomic E-state index is 8.92. The molecule has 0 aliphatic heterocycles. The number of nitrogens with two attached hydrogens (primary N) is 1. The summed E-state index contributed by atoms with van der Waals surface area (Å²) in [6, 6.07) is 6.76. The number of rotatable bonds is 3. The molecular weight excluding hydrogens is 168 g/mol. The summed E-state index contributed by atoms with van der Waals surface area (Å²) in [5.41, 5.74) is 6.66. The minimum Gasteiger partial charge on any atom is -0.478 e. The Kier molecular flexibility index (Phi) is 3.12. The van der Waals surface area contributed by atoms with E-state index in [4.69, 9.17) is 20.8 Å². The van der Waals surface area contributed by atoms with E-state index < -0.39 is 0 Å². The Balaban J connectivity index is 2.87. The lowest BCUT2D eigenvalue weighted by Gasteiger charge is -2.07. The molecule has 0 atom stereocenters. The van der Waals surface area contributed by atoms with Gasteiger partial charge in [-0.1, -0.05) is 0 Å². The van der Waals surface area contributed by atoms with Crippen LogP contribution in [0.1, 0.15) is 5.56 Å². The highest BCUT2D eigenvalue weighted by atomic mass is 16.5. The third-order valence-electron chi connectivity index (χ3n) is 1.55. The molecule has 0 bridgehead atoms. The molecule has 0 saturated carbocycles. The quantitative estimate of drug-likeness (QED) is 0.666. The summed E-state index contributed by atoms with van der Waals surface area (Å²) in [6.07, 6.45) is 0. The van der Waals surface area contributed by atoms with Crippen molar-refractivity contribution in [2.24, 2.45) is 0 Å². The molecule has 0 aromatic heterocycles. The van der Waals surface area contributed by atoms with Crippen LogP contribution < -0.4 is 10.5 Å². The van der Waals surface area contributed by atoms with E-state index in [0.717, 1.165) is 0 Å². The van der Waals surface area contributed by atoms with Crippen LogP contribution in [0.15, 0.2) is 18.2 Å². The van der Waals surface area contributed by atoms with Gasteiger partial charge in [-0.3, -0.25) is 0 Å². The molecule has 0 fully saturated rings. The van der Waals surface area contributed by atoms with Crippen LogP contribution in [0.3, 0.4) is 0 Å². The van der Waals surface area contributed by atoms with Gasteiger partial charge in [0.25, 0.3) is 0 Å². The van der Waals surface area contributed by atoms with Gasteiger partial charge in [-0.25, -0.2) is 0 Å². The van der Waals surface area contributed by atoms with E-state index in [-0.39, 0.29) is 13.2 Å². The van der Waals surface area contributed by atoms with Gasteiger partial charge < -0.3 is 15.6 Å². The second-order valence-corrected chi connectivity index (χ2v) is 2.47. The predicted octanol–water partition coefficient (Wildman–Crippen LogP) is 0.663. The van der Waals surface area contributed by atoms with Gasteiger partial charge in [-0.2, -0.15) is 5.26 Å². The molecule has 0 aliphatic carbocycles. The normalized spacial score (nSPS) is 9.23. The molecule has 0 saturated heterocycles. The number of benzene rings is 1. The van der Waals surface area contributed by atoms with E-state index in [2.05, 4.69) is 0 Å². The van der Waals surface area contributed by atoms with Crippen molar-refractivity contribution >= 4 is 5.69 Å². The minimum absolute atomic E-state index is 0.0308. The van der Waals surface area contributed by atoms with Gasteiger partial charge in [-0.15, -0.1) is 0 Å². The van der Waals surface area contributed by atoms with Gasteiger partial charge in [0.05, 0.1) is 6.61 Å². The van der Waals surface area contributed by atoms with E-state index in [1.165, 1.54) is 0 Å². The Morgan fingerprint density at radius 2 is 2.31 bits per heavy atom. The van der Waals surface area contributed by atoms with Crippen LogP contribution >= 0.6 is 0 Å². The number of nitriles is 1. The van der Waals surface area contributed by atoms with Gasteiger partial charge in [-0.05, 0) is 18.2 Å². The molecule has 1 rings (SSSR count). The van der Waals surface area contributed by atoms with Crippen molar-refractivity contribution in [1.29, 1.82) is 5.26 Å². The van der Waals surface area contributed by atoms with Crippen molar-refractivity contribution < 1.29 is 9.84 Å². The van der Waals surface area contributed by atoms with Crippen LogP contribution in [0, 0.1) is 11.3 Å². The molecule has 0 radical (unpaired) electrons. The summed E-state index contributed by atoms with van der Waals surface area (Å²) < 4.78 is 5.06. The van der Waals surface area contributed by atoms with E-state index >= 15 is 0 Å². The summed E-state index contributed by atoms with van der Waals surface area (Å²) in [5, 5.41) is 17.2. The number of aliphatic hydroxyl groups is 1. The van der Waals surface area contributed by atoms with Crippen LogP contribution in [0.5, 0.6) is 5.75 Å². The number of hydrogen-bond acceptors (Lipinski definition) is 4. The lowest BCUT2D eigenvalue weighted by molar-refractivity contribution is 0.270. The van der Waals surface area contributed by atoms with Crippen molar-refractivity contribution in [3.05, 3.63) is 23.8 Å². The molecule has 68 valence electrons. The highest BCUT2D eigenvalue weighted by molar-refractivity contribution is 5.47. The molecule has 0 aliphatic rings. The zero-order valence-electron chi connectivity index (χ0n) is 7.03. The van der Waals surface area contributed by atoms with E-state index in [9.17, 15) is 0 Å². The largest absolute Gasteiger partial charge is 0.478 e. The van der Waals surface area contributed by atoms with E-state index in [1.54, 1.807) is 18.2 Å². The number of aliphatic hydroxyl groups excluding tert-OH is 1. The zero-order valence-corrected chi connectivity index (χ0v) is 7.03. The highest BCUT2D eigenvalue weighted by Gasteiger charge is 2.02. The topological polar surface area (TPSA) is 79.3 Å². The average Bonchev–Trinajstić information content (AvgIpc) is 2.16. The third kappa shape index (κ3) is 2.36. The molecule has 4 heteroatoms. The van der Waals surface area contributed by atoms with Gasteiger partial charge in [0.1, 0.15) is 11.8 Å². The summed E-state index contributed by atoms with van der Waals surface area (Å²) in [4.78, 5) is 0. The Morgan fingerprint density at radius 1 is 1.54 bits per heavy atom. The smallest absolute Gasteiger partial charge is 0.174 e. The first kappa shape index (κ1) is 9.36. The van der Waals surface area contributed by atoms with Crippen LogP contribution in [0.25, 0.3) is 0 Å². The molecule has 0 spiro atoms. The number of nitrogen functional groups attached to an aromatic ring is 1. The average molecular weight is 178 g/mol. The SMILES string of the molecule is N#CCOc1ccc(N)cc1CO. The summed E-state index contributed by atoms with van der Waals surface area (Å²) in [5.74, 6) is 0.498. The van der Waals surface area contributed by atoms with Gasteiger partial charge in [0.2, 0.25) is 0 Å². The Labute approximate surface area is 76.2 Å². The Bertz CT molecular complexity index is 331. The lowest BCUT2D eigenvalue weighted by Crippen LogP contribution is -1.99. The highest BCUT2D eigenvalue weighted by Crippen LogP contribution is 2.20. The molecular formula is C9H10N2O2. The molecule has 0 heterocycles. The van der Waals surface area contributed by atoms with Crippen LogP contribution in [0.4, 0.5) is 5.69 Å². The number of hydrogen-bond donors (Lipinski definition) is 2. The van der Waals surface area contributed by atoms with Gasteiger partial charge in [0, 0.05) is 11.3 Å². The fourth-order valence-electron chi connectivity index (χ4n) is 0.974. The number of ether oxygens (including phenoxy) is 1. The molecule has 0 amide bonds. The van der Waals surface area contributed by atoms with Crippen LogP contribution in [-0.2, 0) is 6.61 Å². The minimum atomic E-state index is -0.147. The first-order valence-corrected chi connectivity index (χ1v) is 3.77. The summed E-state index contributed by atoms with van der Waals surface area (Å²) >= 11 is 0. The van der Waals surface area contributed by atoms with E-state index in [1.807, 2.05) is 6.07 Å². The second-order valence-electron chi connectivity index (χ2n) is 2.47. The number of anilines is 1. The molecule has 1 aromatic rings. The monoisotopic (exact) mass is 178 g/mol. The summed E-state index contributed by atoms with van der Waals surface area (Å²) in [7, 11) is 0. The first-order chi connectivity index (χ1) is 6.27. The van der Waals surface area contributed by atoms with Crippen molar-refractivity contribution in [3.8, 4) is 11.8 Å². The molecule has 3 N–H and O–H groups in total. The molecule has 13 heavy (non-hydrogen) atoms. The first-order valence-electron chi connectivity index (χ1n) is 3.77. The maximum atomic E-state index is 8.92. The lowest BCUT2D eigenvalue weighted by atomic mass is 10.2. The summed E-state index contributed by atoms with van der Waals surface area (Å²) in [6.45, 7) is -0.178. The maximum Gasteiger partial charge on any atom is 0.174 e. The van der Waals surface area contributed by atoms with E-state index in [0.29, 0.717) is 17.0 Å². The van der Waals surface area contributed by atoms with Crippen molar-refractivity contribution in [3.63, 3.8) is 0 Å². The van der Waals surface area contributed by atoms with Crippen LogP contribution in [-0.4, -0.2) is 11.7 Å². The van der Waals surface area contributed by atoms with Crippen molar-refractivity contribution in [2.45, 2.75) is 6.61 Å². The molecule has 4 nitrogen and oxygen atoms in total. The molecule has 1 aromatic carbocycles. The zero-order chi connectivity index (χ0) is 9.68. The standard InChI is InChI=1S/C9H10N2O2/c10-3-4-13-9-2-1-8(11)5-7(9)6-12/h1-2,5,12H,4,6,11H2. The number of nitrogens with zero attached hydrogens (tertiary/aromatic N) is 1. The fraction of sp³-hybridized carbons (Fsp3) is 0.222. The van der Waals surface area contributed by atoms with Crippen molar-refractivity contribution in [1.82, 2.24) is 0 Å². The van der Waals surface area contributed by atoms with Crippen LogP contribution in [0.2, 0.25) is 0 Å². The van der Waals surface area contributed by atoms with Gasteiger partial charge >= 0.3 is 0 Å². The van der Waals surface area contributed by atoms with Crippen molar-refractivity contribution in [2.75, 3.05) is 12.3 Å². The fourth-order valence-corrected chi connectivity index (χ4v) is 0.974.